The molecule has 3 heterocycles. The third kappa shape index (κ3) is 4.30. The number of rotatable bonds is 6. The molecule has 174 valence electrons. The Morgan fingerprint density at radius 3 is 2.75 bits per heavy atom. The third-order valence-corrected chi connectivity index (χ3v) is 10.4. The Bertz CT molecular complexity index is 1050. The number of nitrogens with one attached hydrogen (secondary N) is 1. The Morgan fingerprint density at radius 2 is 2.03 bits per heavy atom. The molecule has 3 aliphatic rings. The highest BCUT2D eigenvalue weighted by Gasteiger charge is 2.45. The maximum absolute atomic E-state index is 12.5. The first kappa shape index (κ1) is 22.5. The van der Waals surface area contributed by atoms with Gasteiger partial charge in [-0.25, -0.2) is 13.1 Å². The van der Waals surface area contributed by atoms with Crippen molar-refractivity contribution in [1.29, 1.82) is 0 Å². The van der Waals surface area contributed by atoms with Crippen molar-refractivity contribution in [2.75, 3.05) is 19.7 Å². The Kier molecular flexibility index (Phi) is 6.22. The van der Waals surface area contributed by atoms with Gasteiger partial charge in [-0.1, -0.05) is 25.1 Å². The van der Waals surface area contributed by atoms with Crippen LogP contribution in [0.4, 0.5) is 0 Å². The van der Waals surface area contributed by atoms with Crippen molar-refractivity contribution >= 4 is 21.4 Å². The second-order valence-electron chi connectivity index (χ2n) is 9.76. The second kappa shape index (κ2) is 8.84. The molecule has 0 bridgehead atoms. The van der Waals surface area contributed by atoms with E-state index >= 15 is 0 Å². The molecule has 0 amide bonds. The lowest BCUT2D eigenvalue weighted by molar-refractivity contribution is -0.114. The summed E-state index contributed by atoms with van der Waals surface area (Å²) in [5.41, 5.74) is 1.37. The van der Waals surface area contributed by atoms with Gasteiger partial charge in [0.1, 0.15) is 0 Å². The van der Waals surface area contributed by atoms with Gasteiger partial charge in [-0.15, -0.1) is 11.3 Å². The molecule has 5 nitrogen and oxygen atoms in total. The molecule has 1 saturated carbocycles. The van der Waals surface area contributed by atoms with E-state index in [1.165, 1.54) is 10.4 Å². The summed E-state index contributed by atoms with van der Waals surface area (Å²) in [5, 5.41) is 0. The predicted molar refractivity (Wildman–Crippen MR) is 129 cm³/mol. The molecule has 1 saturated heterocycles. The number of sulfonamides is 1. The average Bonchev–Trinajstić information content (AvgIpc) is 3.20. The van der Waals surface area contributed by atoms with Crippen molar-refractivity contribution in [1.82, 2.24) is 9.62 Å². The number of hydrogen-bond donors (Lipinski definition) is 1. The molecule has 1 aromatic heterocycles. The fourth-order valence-corrected chi connectivity index (χ4v) is 8.21. The number of piperidine rings is 1. The van der Waals surface area contributed by atoms with Gasteiger partial charge in [-0.05, 0) is 68.7 Å². The Morgan fingerprint density at radius 1 is 1.25 bits per heavy atom. The zero-order valence-electron chi connectivity index (χ0n) is 19.0. The van der Waals surface area contributed by atoms with E-state index in [0.29, 0.717) is 16.9 Å². The average molecular weight is 475 g/mol. The fourth-order valence-electron chi connectivity index (χ4n) is 5.75. The van der Waals surface area contributed by atoms with E-state index in [1.807, 2.05) is 17.4 Å². The second-order valence-corrected chi connectivity index (χ2v) is 12.7. The van der Waals surface area contributed by atoms with Gasteiger partial charge in [-0.3, -0.25) is 0 Å². The van der Waals surface area contributed by atoms with E-state index in [1.54, 1.807) is 29.1 Å². The van der Waals surface area contributed by atoms with Gasteiger partial charge in [0.05, 0.1) is 17.1 Å². The van der Waals surface area contributed by atoms with Crippen molar-refractivity contribution in [3.8, 4) is 0 Å². The van der Waals surface area contributed by atoms with Gasteiger partial charge in [0.15, 0.2) is 0 Å². The molecule has 2 aromatic rings. The van der Waals surface area contributed by atoms with Crippen LogP contribution in [0.2, 0.25) is 0 Å². The predicted octanol–water partition coefficient (Wildman–Crippen LogP) is 4.32. The lowest BCUT2D eigenvalue weighted by Gasteiger charge is -2.49. The van der Waals surface area contributed by atoms with Crippen molar-refractivity contribution in [2.24, 2.45) is 5.92 Å². The summed E-state index contributed by atoms with van der Waals surface area (Å²) in [7, 11) is -3.41. The molecule has 1 aliphatic carbocycles. The Labute approximate surface area is 196 Å². The van der Waals surface area contributed by atoms with E-state index in [0.717, 1.165) is 58.2 Å². The van der Waals surface area contributed by atoms with Gasteiger partial charge in [0, 0.05) is 41.3 Å². The zero-order valence-corrected chi connectivity index (χ0v) is 20.7. The minimum absolute atomic E-state index is 0.0548. The topological polar surface area (TPSA) is 58.6 Å². The van der Waals surface area contributed by atoms with Crippen LogP contribution in [0.15, 0.2) is 41.3 Å². The molecule has 1 spiro atoms. The summed E-state index contributed by atoms with van der Waals surface area (Å²) < 4.78 is 34.5. The fraction of sp³-hybridized carbons (Fsp3) is 0.600. The molecule has 2 atom stereocenters. The van der Waals surface area contributed by atoms with Gasteiger partial charge in [0.2, 0.25) is 10.0 Å². The van der Waals surface area contributed by atoms with Crippen LogP contribution >= 0.6 is 11.3 Å². The normalized spacial score (nSPS) is 30.8. The largest absolute Gasteiger partial charge is 0.370 e. The van der Waals surface area contributed by atoms with Gasteiger partial charge in [0.25, 0.3) is 0 Å². The molecule has 32 heavy (non-hydrogen) atoms. The van der Waals surface area contributed by atoms with Crippen LogP contribution in [0.5, 0.6) is 0 Å². The molecule has 7 heteroatoms. The first-order valence-corrected chi connectivity index (χ1v) is 14.3. The molecule has 5 rings (SSSR count). The number of thiophene rings is 1. The van der Waals surface area contributed by atoms with Crippen molar-refractivity contribution < 1.29 is 13.2 Å². The molecule has 2 aliphatic heterocycles. The standard InChI is InChI=1S/C25H34N2O3S2/c1-3-21-15-23-24(31-21)9-12-30-25(23)10-11-27(18(2)16-25)17-19-13-20(14-19)26-32(28,29)22-7-5-4-6-8-22/h4-8,15,18-20,26H,3,9-14,16-17H2,1-2H3/t18-,19-,20+,25+/m0/s1. The minimum atomic E-state index is -3.41. The first-order valence-electron chi connectivity index (χ1n) is 12.0. The van der Waals surface area contributed by atoms with E-state index in [9.17, 15) is 8.42 Å². The smallest absolute Gasteiger partial charge is 0.240 e. The molecule has 1 aromatic carbocycles. The Balaban J connectivity index is 1.16. The van der Waals surface area contributed by atoms with Gasteiger partial charge < -0.3 is 9.64 Å². The summed E-state index contributed by atoms with van der Waals surface area (Å²) in [6, 6.07) is 11.6. The summed E-state index contributed by atoms with van der Waals surface area (Å²) in [6.07, 6.45) is 6.11. The zero-order chi connectivity index (χ0) is 22.3. The number of nitrogens with zero attached hydrogens (tertiary/aromatic N) is 1. The van der Waals surface area contributed by atoms with Crippen molar-refractivity contribution in [3.63, 3.8) is 0 Å². The summed E-state index contributed by atoms with van der Waals surface area (Å²) in [5.74, 6) is 0.561. The van der Waals surface area contributed by atoms with Gasteiger partial charge in [-0.2, -0.15) is 0 Å². The summed E-state index contributed by atoms with van der Waals surface area (Å²) >= 11 is 1.98. The number of aryl methyl sites for hydroxylation is 1. The van der Waals surface area contributed by atoms with Crippen molar-refractivity contribution in [3.05, 3.63) is 51.7 Å². The lowest BCUT2D eigenvalue weighted by Crippen LogP contribution is -2.54. The van der Waals surface area contributed by atoms with Gasteiger partial charge >= 0.3 is 0 Å². The summed E-state index contributed by atoms with van der Waals surface area (Å²) in [4.78, 5) is 5.97. The first-order chi connectivity index (χ1) is 15.4. The van der Waals surface area contributed by atoms with Crippen LogP contribution in [0.1, 0.15) is 54.8 Å². The monoisotopic (exact) mass is 474 g/mol. The van der Waals surface area contributed by atoms with Crippen LogP contribution in [-0.4, -0.2) is 45.1 Å². The number of ether oxygens (including phenoxy) is 1. The highest BCUT2D eigenvalue weighted by molar-refractivity contribution is 7.89. The summed E-state index contributed by atoms with van der Waals surface area (Å²) in [6.45, 7) is 7.52. The molecular formula is C25H34N2O3S2. The molecule has 0 radical (unpaired) electrons. The van der Waals surface area contributed by atoms with Crippen LogP contribution in [0.25, 0.3) is 0 Å². The lowest BCUT2D eigenvalue weighted by atomic mass is 9.77. The molecule has 1 N–H and O–H groups in total. The third-order valence-electron chi connectivity index (χ3n) is 7.56. The van der Waals surface area contributed by atoms with Crippen LogP contribution in [0, 0.1) is 5.92 Å². The van der Waals surface area contributed by atoms with E-state index in [-0.39, 0.29) is 11.6 Å². The number of likely N-dealkylation sites (tertiary alicyclic amines) is 1. The highest BCUT2D eigenvalue weighted by atomic mass is 32.2. The van der Waals surface area contributed by atoms with E-state index in [2.05, 4.69) is 29.5 Å². The molecule has 2 fully saturated rings. The number of hydrogen-bond acceptors (Lipinski definition) is 5. The molecular weight excluding hydrogens is 440 g/mol. The number of benzene rings is 1. The SMILES string of the molecule is CCc1cc2c(s1)CCO[C@@]21CCN(C[C@H]2C[C@@H](NS(=O)(=O)c3ccccc3)C2)[C@@H](C)C1. The van der Waals surface area contributed by atoms with E-state index in [4.69, 9.17) is 4.74 Å². The molecule has 0 unspecified atom stereocenters. The van der Waals surface area contributed by atoms with Crippen LogP contribution in [0.3, 0.4) is 0 Å². The maximum Gasteiger partial charge on any atom is 0.240 e. The minimum Gasteiger partial charge on any atom is -0.370 e. The quantitative estimate of drug-likeness (QED) is 0.677. The highest BCUT2D eigenvalue weighted by Crippen LogP contribution is 2.46. The number of fused-ring (bicyclic) bond motifs is 2. The van der Waals surface area contributed by atoms with Crippen molar-refractivity contribution in [2.45, 2.75) is 75.0 Å². The Hall–Kier alpha value is -1.25. The van der Waals surface area contributed by atoms with E-state index < -0.39 is 10.0 Å². The van der Waals surface area contributed by atoms with Crippen LogP contribution < -0.4 is 4.72 Å². The van der Waals surface area contributed by atoms with Crippen LogP contribution in [-0.2, 0) is 33.2 Å². The maximum atomic E-state index is 12.5.